The third-order valence-electron chi connectivity index (χ3n) is 5.59. The molecule has 1 aromatic rings. The molecule has 0 fully saturated rings. The van der Waals surface area contributed by atoms with Crippen LogP contribution in [0.2, 0.25) is 0 Å². The van der Waals surface area contributed by atoms with Gasteiger partial charge in [-0.05, 0) is 58.7 Å². The van der Waals surface area contributed by atoms with Crippen LogP contribution < -0.4 is 10.6 Å². The van der Waals surface area contributed by atoms with Crippen LogP contribution in [-0.4, -0.2) is 52.8 Å². The second-order valence-electron chi connectivity index (χ2n) is 10.5. The predicted molar refractivity (Wildman–Crippen MR) is 152 cm³/mol. The molecule has 37 heavy (non-hydrogen) atoms. The Bertz CT molecular complexity index is 903. The highest BCUT2D eigenvalue weighted by Gasteiger charge is 2.35. The van der Waals surface area contributed by atoms with E-state index in [1.165, 1.54) is 6.42 Å². The highest BCUT2D eigenvalue weighted by atomic mass is 32.1. The average Bonchev–Trinajstić information content (AvgIpc) is 2.82. The van der Waals surface area contributed by atoms with E-state index in [1.807, 2.05) is 13.8 Å². The molecule has 1 aromatic carbocycles. The number of nitrogens with zero attached hydrogens (tertiary/aromatic N) is 1. The summed E-state index contributed by atoms with van der Waals surface area (Å²) in [6.45, 7) is 11.5. The number of benzene rings is 1. The summed E-state index contributed by atoms with van der Waals surface area (Å²) in [6, 6.07) is 5.10. The highest BCUT2D eigenvalue weighted by molar-refractivity contribution is 7.80. The quantitative estimate of drug-likeness (QED) is 0.174. The maximum absolute atomic E-state index is 13.9. The number of thiol groups is 1. The number of nitrogens with one attached hydrogen (secondary N) is 2. The number of ether oxygens (including phenoxy) is 1. The van der Waals surface area contributed by atoms with E-state index in [0.717, 1.165) is 32.1 Å². The van der Waals surface area contributed by atoms with Crippen LogP contribution in [0, 0.1) is 12.3 Å². The van der Waals surface area contributed by atoms with Gasteiger partial charge in [-0.2, -0.15) is 12.6 Å². The van der Waals surface area contributed by atoms with Gasteiger partial charge in [-0.1, -0.05) is 57.1 Å². The fourth-order valence-electron chi connectivity index (χ4n) is 3.86. The lowest BCUT2D eigenvalue weighted by molar-refractivity contribution is -0.142. The molecule has 7 nitrogen and oxygen atoms in total. The van der Waals surface area contributed by atoms with Crippen molar-refractivity contribution in [3.63, 3.8) is 0 Å². The number of alkyl carbamates (subject to hydrolysis) is 1. The van der Waals surface area contributed by atoms with Crippen LogP contribution in [0.3, 0.4) is 0 Å². The van der Waals surface area contributed by atoms with E-state index >= 15 is 0 Å². The zero-order valence-corrected chi connectivity index (χ0v) is 24.2. The molecular formula is C29H45N3O4S. The van der Waals surface area contributed by atoms with Crippen LogP contribution in [0.25, 0.3) is 0 Å². The molecule has 0 bridgehead atoms. The van der Waals surface area contributed by atoms with Crippen LogP contribution in [0.1, 0.15) is 97.2 Å². The van der Waals surface area contributed by atoms with Crippen molar-refractivity contribution >= 4 is 30.5 Å². The van der Waals surface area contributed by atoms with Gasteiger partial charge in [0.15, 0.2) is 0 Å². The third kappa shape index (κ3) is 12.0. The molecular weight excluding hydrogens is 486 g/mol. The van der Waals surface area contributed by atoms with Gasteiger partial charge in [-0.15, -0.1) is 6.42 Å². The van der Waals surface area contributed by atoms with Crippen molar-refractivity contribution in [2.45, 2.75) is 104 Å². The molecule has 0 saturated carbocycles. The zero-order chi connectivity index (χ0) is 28.0. The number of carbonyl (C=O) groups excluding carboxylic acids is 3. The Kier molecular flexibility index (Phi) is 14.2. The molecule has 0 spiro atoms. The van der Waals surface area contributed by atoms with Crippen molar-refractivity contribution in [1.29, 1.82) is 0 Å². The molecule has 0 heterocycles. The lowest BCUT2D eigenvalue weighted by Crippen LogP contribution is -2.54. The molecule has 0 radical (unpaired) electrons. The van der Waals surface area contributed by atoms with Crippen molar-refractivity contribution in [1.82, 2.24) is 15.5 Å². The largest absolute Gasteiger partial charge is 0.444 e. The summed E-state index contributed by atoms with van der Waals surface area (Å²) < 4.78 is 5.35. The van der Waals surface area contributed by atoms with E-state index in [-0.39, 0.29) is 23.6 Å². The first-order valence-electron chi connectivity index (χ1n) is 13.2. The molecule has 0 aliphatic carbocycles. The third-order valence-corrected chi connectivity index (χ3v) is 5.96. The second-order valence-corrected chi connectivity index (χ2v) is 10.9. The first-order chi connectivity index (χ1) is 17.4. The van der Waals surface area contributed by atoms with Crippen LogP contribution in [0.4, 0.5) is 4.79 Å². The van der Waals surface area contributed by atoms with Crippen molar-refractivity contribution < 1.29 is 19.1 Å². The van der Waals surface area contributed by atoms with Gasteiger partial charge in [-0.25, -0.2) is 4.79 Å². The Balaban J connectivity index is 3.33. The van der Waals surface area contributed by atoms with E-state index in [9.17, 15) is 14.4 Å². The fraction of sp³-hybridized carbons (Fsp3) is 0.621. The molecule has 2 N–H and O–H groups in total. The van der Waals surface area contributed by atoms with E-state index < -0.39 is 23.8 Å². The number of amides is 3. The van der Waals surface area contributed by atoms with Crippen molar-refractivity contribution in [3.8, 4) is 12.3 Å². The summed E-state index contributed by atoms with van der Waals surface area (Å²) in [5.74, 6) is 1.95. The standard InChI is InChI=1S/C29H45N3O4S/c1-8-10-11-12-13-14-19-32(27(34)24(20-37)31-28(35)36-29(5,6)7)25(26(33)30-21(3)4)23-17-15-22(9-2)16-18-23/h2,15-18,21,24-25,37H,8,10-14,19-20H2,1,3-7H3,(H,30,33)(H,31,35). The van der Waals surface area contributed by atoms with Crippen LogP contribution >= 0.6 is 12.6 Å². The van der Waals surface area contributed by atoms with Gasteiger partial charge in [0.25, 0.3) is 0 Å². The van der Waals surface area contributed by atoms with Crippen molar-refractivity contribution in [2.24, 2.45) is 0 Å². The summed E-state index contributed by atoms with van der Waals surface area (Å²) in [4.78, 5) is 41.4. The predicted octanol–water partition coefficient (Wildman–Crippen LogP) is 5.25. The normalized spacial score (nSPS) is 12.8. The minimum atomic E-state index is -0.961. The van der Waals surface area contributed by atoms with Crippen molar-refractivity contribution in [2.75, 3.05) is 12.3 Å². The van der Waals surface area contributed by atoms with E-state index in [2.05, 4.69) is 36.1 Å². The molecule has 0 aliphatic heterocycles. The minimum Gasteiger partial charge on any atom is -0.444 e. The molecule has 1 rings (SSSR count). The molecule has 8 heteroatoms. The number of hydrogen-bond acceptors (Lipinski definition) is 5. The van der Waals surface area contributed by atoms with E-state index in [1.54, 1.807) is 49.9 Å². The topological polar surface area (TPSA) is 87.7 Å². The summed E-state index contributed by atoms with van der Waals surface area (Å²) >= 11 is 4.33. The van der Waals surface area contributed by atoms with Gasteiger partial charge < -0.3 is 20.3 Å². The molecule has 0 aliphatic rings. The summed E-state index contributed by atoms with van der Waals surface area (Å²) in [7, 11) is 0. The maximum atomic E-state index is 13.9. The maximum Gasteiger partial charge on any atom is 0.408 e. The molecule has 3 amide bonds. The first kappa shape index (κ1) is 32.4. The molecule has 2 atom stereocenters. The smallest absolute Gasteiger partial charge is 0.408 e. The van der Waals surface area contributed by atoms with Gasteiger partial charge >= 0.3 is 6.09 Å². The lowest BCUT2D eigenvalue weighted by Gasteiger charge is -2.34. The molecule has 0 aromatic heterocycles. The second kappa shape index (κ2) is 16.2. The van der Waals surface area contributed by atoms with E-state index in [4.69, 9.17) is 11.2 Å². The summed E-state index contributed by atoms with van der Waals surface area (Å²) in [5, 5.41) is 5.59. The van der Waals surface area contributed by atoms with Gasteiger partial charge in [0.05, 0.1) is 0 Å². The summed E-state index contributed by atoms with van der Waals surface area (Å²) in [6.07, 6.45) is 11.0. The van der Waals surface area contributed by atoms with Gasteiger partial charge in [0.1, 0.15) is 17.7 Å². The number of terminal acetylenes is 1. The monoisotopic (exact) mass is 531 g/mol. The highest BCUT2D eigenvalue weighted by Crippen LogP contribution is 2.25. The number of rotatable bonds is 14. The number of carbonyl (C=O) groups is 3. The van der Waals surface area contributed by atoms with E-state index in [0.29, 0.717) is 17.7 Å². The van der Waals surface area contributed by atoms with Crippen molar-refractivity contribution in [3.05, 3.63) is 35.4 Å². The Labute approximate surface area is 228 Å². The van der Waals surface area contributed by atoms with Crippen LogP contribution in [0.15, 0.2) is 24.3 Å². The van der Waals surface area contributed by atoms with Gasteiger partial charge in [0, 0.05) is 23.9 Å². The summed E-state index contributed by atoms with van der Waals surface area (Å²) in [5.41, 5.74) is 0.609. The van der Waals surface area contributed by atoms with Gasteiger partial charge in [0.2, 0.25) is 11.8 Å². The number of unbranched alkanes of at least 4 members (excludes halogenated alkanes) is 5. The Morgan fingerprint density at radius 1 is 1.03 bits per heavy atom. The Morgan fingerprint density at radius 2 is 1.62 bits per heavy atom. The Hall–Kier alpha value is -2.66. The SMILES string of the molecule is C#Cc1ccc(C(C(=O)NC(C)C)N(CCCCCCCC)C(=O)C(CS)NC(=O)OC(C)(C)C)cc1. The van der Waals surface area contributed by atoms with Gasteiger partial charge in [-0.3, -0.25) is 9.59 Å². The molecule has 2 unspecified atom stereocenters. The first-order valence-corrected chi connectivity index (χ1v) is 13.8. The Morgan fingerprint density at radius 3 is 2.14 bits per heavy atom. The molecule has 0 saturated heterocycles. The average molecular weight is 532 g/mol. The molecule has 206 valence electrons. The lowest BCUT2D eigenvalue weighted by atomic mass is 10.0. The van der Waals surface area contributed by atoms with Crippen LogP contribution in [-0.2, 0) is 14.3 Å². The fourth-order valence-corrected chi connectivity index (χ4v) is 4.11. The number of hydrogen-bond donors (Lipinski definition) is 3. The minimum absolute atomic E-state index is 0.0552. The van der Waals surface area contributed by atoms with Crippen LogP contribution in [0.5, 0.6) is 0 Å². The zero-order valence-electron chi connectivity index (χ0n) is 23.3.